The molecule has 1 amide bonds. The minimum atomic E-state index is -1.14. The van der Waals surface area contributed by atoms with Crippen molar-refractivity contribution in [3.05, 3.63) is 59.2 Å². The van der Waals surface area contributed by atoms with Crippen molar-refractivity contribution in [1.29, 1.82) is 0 Å². The lowest BCUT2D eigenvalue weighted by molar-refractivity contribution is -0.908. The summed E-state index contributed by atoms with van der Waals surface area (Å²) in [4.78, 5) is 42.7. The van der Waals surface area contributed by atoms with Gasteiger partial charge in [-0.3, -0.25) is 14.4 Å². The number of nitrogens with zero attached hydrogens (tertiary/aromatic N) is 1. The number of rotatable bonds is 8. The summed E-state index contributed by atoms with van der Waals surface area (Å²) in [7, 11) is 1.56. The number of benzene rings is 2. The summed E-state index contributed by atoms with van der Waals surface area (Å²) < 4.78 is 10.7. The number of phenols is 1. The highest BCUT2D eigenvalue weighted by Gasteiger charge is 2.51. The first-order chi connectivity index (χ1) is 16.4. The van der Waals surface area contributed by atoms with Crippen LogP contribution in [-0.4, -0.2) is 74.0 Å². The van der Waals surface area contributed by atoms with E-state index in [0.717, 1.165) is 38.4 Å². The second kappa shape index (κ2) is 10.4. The maximum absolute atomic E-state index is 13.6. The summed E-state index contributed by atoms with van der Waals surface area (Å²) in [6, 6.07) is 10.7. The van der Waals surface area contributed by atoms with E-state index in [1.807, 2.05) is 6.92 Å². The number of hydrogen-bond donors (Lipinski definition) is 2. The lowest BCUT2D eigenvalue weighted by Crippen LogP contribution is -3.14. The van der Waals surface area contributed by atoms with E-state index in [2.05, 4.69) is 0 Å². The Morgan fingerprint density at radius 2 is 1.85 bits per heavy atom. The Hall–Kier alpha value is -3.23. The number of ketones is 2. The third kappa shape index (κ3) is 4.83. The van der Waals surface area contributed by atoms with Crippen LogP contribution in [0.2, 0.25) is 0 Å². The van der Waals surface area contributed by atoms with Gasteiger partial charge < -0.3 is 24.4 Å². The first kappa shape index (κ1) is 23.9. The molecule has 2 aliphatic heterocycles. The molecule has 0 radical (unpaired) electrons. The number of methoxy groups -OCH3 is 1. The Morgan fingerprint density at radius 3 is 2.50 bits per heavy atom. The molecule has 34 heavy (non-hydrogen) atoms. The summed E-state index contributed by atoms with van der Waals surface area (Å²) in [5, 5.41) is 9.75. The molecule has 2 N–H and O–H groups in total. The largest absolute Gasteiger partial charge is 0.508 e. The number of aryl methyl sites for hydroxylation is 1. The van der Waals surface area contributed by atoms with Crippen LogP contribution < -0.4 is 9.64 Å². The van der Waals surface area contributed by atoms with Crippen LogP contribution in [0.4, 0.5) is 0 Å². The molecular weight excluding hydrogens is 436 g/mol. The van der Waals surface area contributed by atoms with Gasteiger partial charge >= 0.3 is 0 Å². The van der Waals surface area contributed by atoms with Crippen LogP contribution >= 0.6 is 0 Å². The van der Waals surface area contributed by atoms with Gasteiger partial charge in [-0.15, -0.1) is 0 Å². The third-order valence-electron chi connectivity index (χ3n) is 6.73. The number of carbonyl (C=O) groups excluding carboxylic acids is 3. The second-order valence-electron chi connectivity index (χ2n) is 8.89. The van der Waals surface area contributed by atoms with Crippen molar-refractivity contribution >= 4 is 17.5 Å². The van der Waals surface area contributed by atoms with Gasteiger partial charge in [0, 0.05) is 18.5 Å². The Bertz CT molecular complexity index is 1060. The number of morpholine rings is 1. The van der Waals surface area contributed by atoms with Crippen LogP contribution in [0.15, 0.2) is 42.5 Å². The van der Waals surface area contributed by atoms with E-state index < -0.39 is 23.7 Å². The summed E-state index contributed by atoms with van der Waals surface area (Å²) in [6.07, 6.45) is 0.714. The molecule has 180 valence electrons. The summed E-state index contributed by atoms with van der Waals surface area (Å²) in [6.45, 7) is 6.37. The van der Waals surface area contributed by atoms with Crippen LogP contribution in [0.1, 0.15) is 33.9 Å². The fourth-order valence-corrected chi connectivity index (χ4v) is 4.89. The number of aromatic hydroxyl groups is 1. The van der Waals surface area contributed by atoms with Gasteiger partial charge in [0.1, 0.15) is 30.5 Å². The highest BCUT2D eigenvalue weighted by molar-refractivity contribution is 6.44. The monoisotopic (exact) mass is 467 g/mol. The van der Waals surface area contributed by atoms with Gasteiger partial charge in [-0.25, -0.2) is 0 Å². The van der Waals surface area contributed by atoms with E-state index in [1.54, 1.807) is 37.4 Å². The van der Waals surface area contributed by atoms with Crippen LogP contribution in [0, 0.1) is 12.8 Å². The maximum atomic E-state index is 13.6. The first-order valence-corrected chi connectivity index (χ1v) is 11.6. The quantitative estimate of drug-likeness (QED) is 0.341. The molecule has 2 aromatic carbocycles. The first-order valence-electron chi connectivity index (χ1n) is 11.6. The predicted molar refractivity (Wildman–Crippen MR) is 124 cm³/mol. The number of quaternary nitrogens is 1. The molecule has 8 nitrogen and oxygen atoms in total. The van der Waals surface area contributed by atoms with Crippen molar-refractivity contribution in [2.45, 2.75) is 19.4 Å². The minimum Gasteiger partial charge on any atom is -0.508 e. The van der Waals surface area contributed by atoms with E-state index in [9.17, 15) is 19.5 Å². The highest BCUT2D eigenvalue weighted by atomic mass is 16.5. The Labute approximate surface area is 199 Å². The molecule has 2 heterocycles. The number of Topliss-reactive ketones (excluding diaryl/α,β-unsaturated/α-hetero) is 2. The molecule has 2 saturated heterocycles. The van der Waals surface area contributed by atoms with Crippen molar-refractivity contribution < 1.29 is 33.9 Å². The molecule has 0 spiro atoms. The van der Waals surface area contributed by atoms with E-state index in [-0.39, 0.29) is 11.5 Å². The van der Waals surface area contributed by atoms with Crippen LogP contribution in [0.25, 0.3) is 0 Å². The molecule has 0 saturated carbocycles. The minimum absolute atomic E-state index is 0.0792. The van der Waals surface area contributed by atoms with E-state index in [0.29, 0.717) is 29.8 Å². The Balaban J connectivity index is 1.61. The molecule has 0 bridgehead atoms. The number of amides is 1. The molecule has 2 fully saturated rings. The van der Waals surface area contributed by atoms with Gasteiger partial charge in [0.25, 0.3) is 5.91 Å². The summed E-state index contributed by atoms with van der Waals surface area (Å²) >= 11 is 0. The maximum Gasteiger partial charge on any atom is 0.291 e. The smallest absolute Gasteiger partial charge is 0.291 e. The van der Waals surface area contributed by atoms with Gasteiger partial charge in [0.05, 0.1) is 32.9 Å². The van der Waals surface area contributed by atoms with Crippen LogP contribution in [0.3, 0.4) is 0 Å². The molecule has 4 rings (SSSR count). The lowest BCUT2D eigenvalue weighted by Gasteiger charge is -2.29. The van der Waals surface area contributed by atoms with Crippen molar-refractivity contribution in [2.24, 2.45) is 5.92 Å². The molecular formula is C26H31N2O6+. The topological polar surface area (TPSA) is 97.6 Å². The Kier molecular flexibility index (Phi) is 7.29. The van der Waals surface area contributed by atoms with Crippen molar-refractivity contribution in [2.75, 3.05) is 46.5 Å². The van der Waals surface area contributed by atoms with Crippen LogP contribution in [-0.2, 0) is 14.3 Å². The van der Waals surface area contributed by atoms with Crippen molar-refractivity contribution in [1.82, 2.24) is 4.90 Å². The van der Waals surface area contributed by atoms with E-state index in [1.165, 1.54) is 21.9 Å². The average molecular weight is 468 g/mol. The fourth-order valence-electron chi connectivity index (χ4n) is 4.89. The highest BCUT2D eigenvalue weighted by Crippen LogP contribution is 2.39. The summed E-state index contributed by atoms with van der Waals surface area (Å²) in [5.41, 5.74) is 1.80. The van der Waals surface area contributed by atoms with Gasteiger partial charge in [-0.05, 0) is 48.4 Å². The second-order valence-corrected chi connectivity index (χ2v) is 8.89. The van der Waals surface area contributed by atoms with Crippen molar-refractivity contribution in [3.63, 3.8) is 0 Å². The van der Waals surface area contributed by atoms with Crippen LogP contribution in [0.5, 0.6) is 11.5 Å². The SMILES string of the molecule is COc1ccc(C(=O)C2C(=O)C(=O)N(CCC[NH+]3CCOCC3)C2c2ccc(O)cc2)cc1C. The molecule has 2 aromatic rings. The molecule has 2 aliphatic rings. The zero-order valence-corrected chi connectivity index (χ0v) is 19.6. The number of hydrogen-bond acceptors (Lipinski definition) is 6. The predicted octanol–water partition coefficient (Wildman–Crippen LogP) is 0.966. The zero-order valence-electron chi connectivity index (χ0n) is 19.6. The molecule has 0 aliphatic carbocycles. The van der Waals surface area contributed by atoms with E-state index in [4.69, 9.17) is 9.47 Å². The lowest BCUT2D eigenvalue weighted by atomic mass is 9.86. The standard InChI is InChI=1S/C26H30N2O6/c1-17-16-19(6-9-21(17)33-2)24(30)22-23(18-4-7-20(29)8-5-18)28(26(32)25(22)31)11-3-10-27-12-14-34-15-13-27/h4-9,16,22-23,29H,3,10-15H2,1-2H3/p+1. The van der Waals surface area contributed by atoms with Crippen molar-refractivity contribution in [3.8, 4) is 11.5 Å². The molecule has 8 heteroatoms. The van der Waals surface area contributed by atoms with Gasteiger partial charge in [0.2, 0.25) is 5.78 Å². The Morgan fingerprint density at radius 1 is 1.15 bits per heavy atom. The normalized spacial score (nSPS) is 21.2. The number of nitrogens with one attached hydrogen (secondary N) is 1. The molecule has 0 aromatic heterocycles. The number of carbonyl (C=O) groups is 3. The van der Waals surface area contributed by atoms with Gasteiger partial charge in [-0.1, -0.05) is 12.1 Å². The average Bonchev–Trinajstić information content (AvgIpc) is 3.09. The number of phenolic OH excluding ortho intramolecular Hbond substituents is 1. The van der Waals surface area contributed by atoms with E-state index >= 15 is 0 Å². The fraction of sp³-hybridized carbons (Fsp3) is 0.423. The third-order valence-corrected chi connectivity index (χ3v) is 6.73. The molecule has 2 atom stereocenters. The summed E-state index contributed by atoms with van der Waals surface area (Å²) in [5.74, 6) is -2.11. The number of ether oxygens (including phenoxy) is 2. The zero-order chi connectivity index (χ0) is 24.2. The molecule has 2 unspecified atom stereocenters. The number of likely N-dealkylation sites (tertiary alicyclic amines) is 1. The van der Waals surface area contributed by atoms with Gasteiger partial charge in [-0.2, -0.15) is 0 Å². The van der Waals surface area contributed by atoms with Gasteiger partial charge in [0.15, 0.2) is 5.78 Å².